The fourth-order valence-electron chi connectivity index (χ4n) is 0.824. The van der Waals surface area contributed by atoms with Crippen molar-refractivity contribution in [3.05, 3.63) is 11.8 Å². The molecule has 4 heteroatoms. The Labute approximate surface area is 71.6 Å². The molecule has 0 spiro atoms. The lowest BCUT2D eigenvalue weighted by Crippen LogP contribution is -2.13. The van der Waals surface area contributed by atoms with Gasteiger partial charge in [0.2, 0.25) is 0 Å². The molecule has 0 aromatic carbocycles. The number of hydrogen-bond acceptors (Lipinski definition) is 4. The van der Waals surface area contributed by atoms with E-state index in [0.29, 0.717) is 12.1 Å². The third kappa shape index (κ3) is 2.38. The maximum atomic E-state index is 11.0. The van der Waals surface area contributed by atoms with Gasteiger partial charge in [-0.25, -0.2) is 4.79 Å². The summed E-state index contributed by atoms with van der Waals surface area (Å²) in [4.78, 5) is 14.8. The summed E-state index contributed by atoms with van der Waals surface area (Å²) in [7, 11) is 2.82. The van der Waals surface area contributed by atoms with Crippen molar-refractivity contribution < 1.29 is 14.6 Å². The lowest BCUT2D eigenvalue weighted by Gasteiger charge is -2.03. The molecule has 12 heavy (non-hydrogen) atoms. The zero-order valence-electron chi connectivity index (χ0n) is 7.50. The molecule has 0 fully saturated rings. The maximum absolute atomic E-state index is 11.0. The minimum atomic E-state index is -0.569. The number of esters is 1. The van der Waals surface area contributed by atoms with Crippen LogP contribution >= 0.6 is 0 Å². The molecule has 0 saturated carbocycles. The van der Waals surface area contributed by atoms with Gasteiger partial charge in [0.15, 0.2) is 0 Å². The quantitative estimate of drug-likeness (QED) is 0.299. The summed E-state index contributed by atoms with van der Waals surface area (Å²) >= 11 is 0. The molecule has 0 atom stereocenters. The predicted molar refractivity (Wildman–Crippen MR) is 46.4 cm³/mol. The number of aliphatic imine (C=N–C) groups is 1. The van der Waals surface area contributed by atoms with Gasteiger partial charge >= 0.3 is 5.97 Å². The number of hydrogen-bond donors (Lipinski definition) is 1. The van der Waals surface area contributed by atoms with E-state index in [1.54, 1.807) is 7.05 Å². The van der Waals surface area contributed by atoms with Gasteiger partial charge in [-0.15, -0.1) is 0 Å². The SMILES string of the molecule is CCC(=NC)/C(=C/O)C(=O)OC. The van der Waals surface area contributed by atoms with Gasteiger partial charge in [0.05, 0.1) is 19.1 Å². The molecule has 4 nitrogen and oxygen atoms in total. The Bertz CT molecular complexity index is 218. The fourth-order valence-corrected chi connectivity index (χ4v) is 0.824. The Morgan fingerprint density at radius 3 is 2.50 bits per heavy atom. The van der Waals surface area contributed by atoms with Crippen LogP contribution in [-0.2, 0) is 9.53 Å². The Balaban J connectivity index is 4.68. The van der Waals surface area contributed by atoms with Gasteiger partial charge in [-0.3, -0.25) is 4.99 Å². The molecule has 0 aliphatic carbocycles. The summed E-state index contributed by atoms with van der Waals surface area (Å²) in [5, 5.41) is 8.72. The molecule has 0 heterocycles. The highest BCUT2D eigenvalue weighted by Crippen LogP contribution is 2.03. The number of nitrogens with zero attached hydrogens (tertiary/aromatic N) is 1. The predicted octanol–water partition coefficient (Wildman–Crippen LogP) is 1.08. The fraction of sp³-hybridized carbons (Fsp3) is 0.500. The van der Waals surface area contributed by atoms with E-state index in [9.17, 15) is 4.79 Å². The molecule has 1 N–H and O–H groups in total. The van der Waals surface area contributed by atoms with Crippen molar-refractivity contribution in [2.24, 2.45) is 4.99 Å². The number of ether oxygens (including phenoxy) is 1. The average molecular weight is 171 g/mol. The number of aliphatic hydroxyl groups excluding tert-OH is 1. The second-order valence-corrected chi connectivity index (χ2v) is 2.06. The van der Waals surface area contributed by atoms with Gasteiger partial charge in [-0.2, -0.15) is 0 Å². The van der Waals surface area contributed by atoms with E-state index in [1.807, 2.05) is 6.92 Å². The Morgan fingerprint density at radius 1 is 1.67 bits per heavy atom. The lowest BCUT2D eigenvalue weighted by molar-refractivity contribution is -0.135. The van der Waals surface area contributed by atoms with Gasteiger partial charge < -0.3 is 9.84 Å². The molecule has 0 aromatic rings. The topological polar surface area (TPSA) is 58.9 Å². The van der Waals surface area contributed by atoms with E-state index in [0.717, 1.165) is 6.26 Å². The van der Waals surface area contributed by atoms with Gasteiger partial charge in [0.1, 0.15) is 5.57 Å². The number of rotatable bonds is 3. The molecule has 0 amide bonds. The monoisotopic (exact) mass is 171 g/mol. The van der Waals surface area contributed by atoms with Crippen molar-refractivity contribution in [3.63, 3.8) is 0 Å². The first kappa shape index (κ1) is 10.7. The molecule has 0 aliphatic rings. The van der Waals surface area contributed by atoms with Crippen molar-refractivity contribution in [2.45, 2.75) is 13.3 Å². The average Bonchev–Trinajstić information content (AvgIpc) is 2.12. The lowest BCUT2D eigenvalue weighted by atomic mass is 10.1. The zero-order chi connectivity index (χ0) is 9.56. The Kier molecular flexibility index (Phi) is 4.76. The summed E-state index contributed by atoms with van der Waals surface area (Å²) in [6, 6.07) is 0. The van der Waals surface area contributed by atoms with E-state index in [4.69, 9.17) is 5.11 Å². The molecule has 0 aromatic heterocycles. The standard InChI is InChI=1S/C8H13NO3/c1-4-7(9-2)6(5-10)8(11)12-3/h5,10H,4H2,1-3H3/b6-5-,9-7?. The van der Waals surface area contributed by atoms with Crippen LogP contribution in [0.1, 0.15) is 13.3 Å². The summed E-state index contributed by atoms with van der Waals surface area (Å²) in [6.45, 7) is 1.84. The minimum absolute atomic E-state index is 0.113. The Hall–Kier alpha value is -1.32. The van der Waals surface area contributed by atoms with Crippen molar-refractivity contribution in [1.82, 2.24) is 0 Å². The van der Waals surface area contributed by atoms with E-state index < -0.39 is 5.97 Å². The van der Waals surface area contributed by atoms with Crippen LogP contribution in [0.25, 0.3) is 0 Å². The number of carbonyl (C=O) groups is 1. The molecule has 0 aliphatic heterocycles. The van der Waals surface area contributed by atoms with Crippen molar-refractivity contribution in [1.29, 1.82) is 0 Å². The van der Waals surface area contributed by atoms with Crippen molar-refractivity contribution in [3.8, 4) is 0 Å². The molecule has 68 valence electrons. The van der Waals surface area contributed by atoms with E-state index >= 15 is 0 Å². The van der Waals surface area contributed by atoms with Crippen molar-refractivity contribution in [2.75, 3.05) is 14.2 Å². The normalized spacial score (nSPS) is 12.9. The molecular weight excluding hydrogens is 158 g/mol. The minimum Gasteiger partial charge on any atom is -0.515 e. The molecule has 0 radical (unpaired) electrons. The smallest absolute Gasteiger partial charge is 0.342 e. The van der Waals surface area contributed by atoms with Crippen LogP contribution in [-0.4, -0.2) is 30.9 Å². The van der Waals surface area contributed by atoms with Crippen molar-refractivity contribution >= 4 is 11.7 Å². The van der Waals surface area contributed by atoms with E-state index in [-0.39, 0.29) is 5.57 Å². The first-order chi connectivity index (χ1) is 5.71. The zero-order valence-corrected chi connectivity index (χ0v) is 7.50. The Morgan fingerprint density at radius 2 is 2.25 bits per heavy atom. The van der Waals surface area contributed by atoms with Gasteiger partial charge in [0.25, 0.3) is 0 Å². The highest BCUT2D eigenvalue weighted by atomic mass is 16.5. The highest BCUT2D eigenvalue weighted by molar-refractivity contribution is 6.19. The third-order valence-corrected chi connectivity index (χ3v) is 1.45. The summed E-state index contributed by atoms with van der Waals surface area (Å²) in [6.07, 6.45) is 1.30. The van der Waals surface area contributed by atoms with Crippen LogP contribution in [0, 0.1) is 0 Å². The molecule has 0 bridgehead atoms. The third-order valence-electron chi connectivity index (χ3n) is 1.45. The molecule has 0 unspecified atom stereocenters. The number of carbonyl (C=O) groups excluding carboxylic acids is 1. The van der Waals surface area contributed by atoms with Crippen LogP contribution in [0.5, 0.6) is 0 Å². The van der Waals surface area contributed by atoms with Crippen LogP contribution in [0.3, 0.4) is 0 Å². The van der Waals surface area contributed by atoms with Crippen LogP contribution in [0.15, 0.2) is 16.8 Å². The summed E-state index contributed by atoms with van der Waals surface area (Å²) in [5.41, 5.74) is 0.645. The molecule has 0 rings (SSSR count). The van der Waals surface area contributed by atoms with Gasteiger partial charge in [-0.1, -0.05) is 6.92 Å². The summed E-state index contributed by atoms with van der Waals surface area (Å²) < 4.78 is 4.44. The second kappa shape index (κ2) is 5.35. The van der Waals surface area contributed by atoms with E-state index in [2.05, 4.69) is 9.73 Å². The number of methoxy groups -OCH3 is 1. The first-order valence-electron chi connectivity index (χ1n) is 3.59. The van der Waals surface area contributed by atoms with Crippen LogP contribution in [0.2, 0.25) is 0 Å². The maximum Gasteiger partial charge on any atom is 0.342 e. The van der Waals surface area contributed by atoms with Gasteiger partial charge in [0, 0.05) is 7.05 Å². The van der Waals surface area contributed by atoms with Crippen LogP contribution in [0.4, 0.5) is 0 Å². The summed E-state index contributed by atoms with van der Waals surface area (Å²) in [5.74, 6) is -0.569. The van der Waals surface area contributed by atoms with E-state index in [1.165, 1.54) is 7.11 Å². The first-order valence-corrected chi connectivity index (χ1v) is 3.59. The highest BCUT2D eigenvalue weighted by Gasteiger charge is 2.14. The molecule has 0 saturated heterocycles. The second-order valence-electron chi connectivity index (χ2n) is 2.06. The molecular formula is C8H13NO3. The number of aliphatic hydroxyl groups is 1. The van der Waals surface area contributed by atoms with Gasteiger partial charge in [-0.05, 0) is 6.42 Å². The van der Waals surface area contributed by atoms with Crippen LogP contribution < -0.4 is 0 Å². The largest absolute Gasteiger partial charge is 0.515 e.